The SMILES string of the molecule is [B]c1nc2cc[n+](-c3ccc(C)cc3)cc2nc1C. The molecule has 0 aliphatic heterocycles. The second-order valence-electron chi connectivity index (χ2n) is 4.65. The van der Waals surface area contributed by atoms with E-state index in [2.05, 4.69) is 41.2 Å². The van der Waals surface area contributed by atoms with Crippen LogP contribution in [0.1, 0.15) is 11.3 Å². The molecule has 0 fully saturated rings. The lowest BCUT2D eigenvalue weighted by Crippen LogP contribution is -2.30. The molecule has 0 bridgehead atoms. The van der Waals surface area contributed by atoms with Crippen molar-refractivity contribution in [3.05, 3.63) is 54.0 Å². The molecule has 3 nitrogen and oxygen atoms in total. The van der Waals surface area contributed by atoms with Gasteiger partial charge in [0, 0.05) is 29.5 Å². The Labute approximate surface area is 113 Å². The number of aromatic nitrogens is 3. The van der Waals surface area contributed by atoms with Crippen molar-refractivity contribution in [1.82, 2.24) is 9.97 Å². The second-order valence-corrected chi connectivity index (χ2v) is 4.65. The molecular weight excluding hydrogens is 233 g/mol. The Bertz CT molecular complexity index is 751. The van der Waals surface area contributed by atoms with E-state index in [1.54, 1.807) is 0 Å². The number of hydrogen-bond acceptors (Lipinski definition) is 2. The third kappa shape index (κ3) is 2.21. The van der Waals surface area contributed by atoms with E-state index in [1.807, 2.05) is 30.0 Å². The number of rotatable bonds is 1. The van der Waals surface area contributed by atoms with Crippen molar-refractivity contribution in [1.29, 1.82) is 0 Å². The third-order valence-corrected chi connectivity index (χ3v) is 3.15. The van der Waals surface area contributed by atoms with Gasteiger partial charge in [-0.1, -0.05) is 17.7 Å². The summed E-state index contributed by atoms with van der Waals surface area (Å²) in [5, 5.41) is 0. The van der Waals surface area contributed by atoms with Crippen LogP contribution >= 0.6 is 0 Å². The first-order chi connectivity index (χ1) is 9.13. The average Bonchev–Trinajstić information content (AvgIpc) is 2.40. The molecule has 2 radical (unpaired) electrons. The normalized spacial score (nSPS) is 10.8. The van der Waals surface area contributed by atoms with Gasteiger partial charge in [-0.3, -0.25) is 4.98 Å². The zero-order valence-corrected chi connectivity index (χ0v) is 11.0. The molecule has 3 aromatic rings. The van der Waals surface area contributed by atoms with Gasteiger partial charge >= 0.3 is 0 Å². The average molecular weight is 246 g/mol. The number of nitrogens with zero attached hydrogens (tertiary/aromatic N) is 3. The van der Waals surface area contributed by atoms with E-state index in [0.29, 0.717) is 5.59 Å². The Morgan fingerprint density at radius 3 is 2.42 bits per heavy atom. The molecule has 1 aromatic carbocycles. The number of fused-ring (bicyclic) bond motifs is 1. The summed E-state index contributed by atoms with van der Waals surface area (Å²) in [6.45, 7) is 3.94. The number of benzene rings is 1. The van der Waals surface area contributed by atoms with Crippen molar-refractivity contribution in [2.24, 2.45) is 0 Å². The molecular formula is C15H13BN3+. The maximum absolute atomic E-state index is 5.77. The van der Waals surface area contributed by atoms with Gasteiger partial charge in [0.15, 0.2) is 11.7 Å². The topological polar surface area (TPSA) is 29.7 Å². The highest BCUT2D eigenvalue weighted by molar-refractivity contribution is 6.31. The molecule has 4 heteroatoms. The van der Waals surface area contributed by atoms with Crippen molar-refractivity contribution < 1.29 is 4.57 Å². The van der Waals surface area contributed by atoms with Gasteiger partial charge in [-0.05, 0) is 13.8 Å². The van der Waals surface area contributed by atoms with E-state index >= 15 is 0 Å². The van der Waals surface area contributed by atoms with E-state index in [4.69, 9.17) is 7.85 Å². The molecule has 0 spiro atoms. The molecule has 90 valence electrons. The Kier molecular flexibility index (Phi) is 2.78. The molecule has 0 N–H and O–H groups in total. The minimum atomic E-state index is 0.487. The van der Waals surface area contributed by atoms with Gasteiger partial charge in [-0.2, -0.15) is 4.57 Å². The quantitative estimate of drug-likeness (QED) is 0.478. The third-order valence-electron chi connectivity index (χ3n) is 3.15. The smallest absolute Gasteiger partial charge is 0.210 e. The Morgan fingerprint density at radius 2 is 1.68 bits per heavy atom. The fourth-order valence-electron chi connectivity index (χ4n) is 1.98. The maximum Gasteiger partial charge on any atom is 0.210 e. The van der Waals surface area contributed by atoms with E-state index < -0.39 is 0 Å². The molecule has 0 saturated heterocycles. The highest BCUT2D eigenvalue weighted by Crippen LogP contribution is 2.07. The molecule has 0 amide bonds. The molecule has 19 heavy (non-hydrogen) atoms. The van der Waals surface area contributed by atoms with Crippen molar-refractivity contribution in [3.63, 3.8) is 0 Å². The number of pyridine rings is 1. The lowest BCUT2D eigenvalue weighted by atomic mass is 10.0. The zero-order chi connectivity index (χ0) is 13.4. The van der Waals surface area contributed by atoms with Crippen LogP contribution in [0.4, 0.5) is 0 Å². The first-order valence-electron chi connectivity index (χ1n) is 6.16. The molecule has 0 unspecified atom stereocenters. The highest BCUT2D eigenvalue weighted by atomic mass is 15.0. The maximum atomic E-state index is 5.77. The summed E-state index contributed by atoms with van der Waals surface area (Å²) < 4.78 is 2.03. The summed E-state index contributed by atoms with van der Waals surface area (Å²) in [5.41, 5.74) is 5.24. The van der Waals surface area contributed by atoms with Crippen molar-refractivity contribution in [2.75, 3.05) is 0 Å². The van der Waals surface area contributed by atoms with E-state index in [9.17, 15) is 0 Å². The lowest BCUT2D eigenvalue weighted by Gasteiger charge is -2.02. The van der Waals surface area contributed by atoms with E-state index in [1.165, 1.54) is 5.56 Å². The fraction of sp³-hybridized carbons (Fsp3) is 0.133. The van der Waals surface area contributed by atoms with Gasteiger partial charge in [0.2, 0.25) is 11.9 Å². The van der Waals surface area contributed by atoms with Crippen LogP contribution in [-0.2, 0) is 0 Å². The van der Waals surface area contributed by atoms with Gasteiger partial charge in [-0.25, -0.2) is 4.98 Å². The molecule has 0 aliphatic carbocycles. The van der Waals surface area contributed by atoms with Crippen LogP contribution in [0.25, 0.3) is 16.7 Å². The van der Waals surface area contributed by atoms with Gasteiger partial charge in [-0.15, -0.1) is 0 Å². The monoisotopic (exact) mass is 246 g/mol. The van der Waals surface area contributed by atoms with E-state index in [0.717, 1.165) is 22.4 Å². The highest BCUT2D eigenvalue weighted by Gasteiger charge is 2.09. The minimum absolute atomic E-state index is 0.487. The van der Waals surface area contributed by atoms with Gasteiger partial charge in [0.1, 0.15) is 13.4 Å². The van der Waals surface area contributed by atoms with Crippen LogP contribution in [0.5, 0.6) is 0 Å². The summed E-state index contributed by atoms with van der Waals surface area (Å²) in [7, 11) is 5.77. The molecule has 2 heterocycles. The molecule has 2 aromatic heterocycles. The van der Waals surface area contributed by atoms with Crippen LogP contribution in [0, 0.1) is 13.8 Å². The summed E-state index contributed by atoms with van der Waals surface area (Å²) in [6, 6.07) is 10.3. The first kappa shape index (κ1) is 11.8. The summed E-state index contributed by atoms with van der Waals surface area (Å²) in [4.78, 5) is 8.80. The summed E-state index contributed by atoms with van der Waals surface area (Å²) in [5.74, 6) is 0. The number of hydrogen-bond donors (Lipinski definition) is 0. The van der Waals surface area contributed by atoms with Crippen molar-refractivity contribution in [2.45, 2.75) is 13.8 Å². The second kappa shape index (κ2) is 4.46. The van der Waals surface area contributed by atoms with Crippen LogP contribution < -0.4 is 10.2 Å². The van der Waals surface area contributed by atoms with Crippen LogP contribution in [0.2, 0.25) is 0 Å². The molecule has 0 atom stereocenters. The predicted molar refractivity (Wildman–Crippen MR) is 75.9 cm³/mol. The predicted octanol–water partition coefficient (Wildman–Crippen LogP) is 1.32. The fourth-order valence-corrected chi connectivity index (χ4v) is 1.98. The van der Waals surface area contributed by atoms with Crippen molar-refractivity contribution >= 4 is 24.5 Å². The van der Waals surface area contributed by atoms with E-state index in [-0.39, 0.29) is 0 Å². The molecule has 0 saturated carbocycles. The van der Waals surface area contributed by atoms with Crippen LogP contribution in [-0.4, -0.2) is 17.8 Å². The summed E-state index contributed by atoms with van der Waals surface area (Å²) >= 11 is 0. The molecule has 0 aliphatic rings. The molecule has 3 rings (SSSR count). The van der Waals surface area contributed by atoms with Gasteiger partial charge in [0.05, 0.1) is 0 Å². The largest absolute Gasteiger partial charge is 0.260 e. The standard InChI is InChI=1S/C15H13BN3/c1-10-3-5-12(6-4-10)19-8-7-13-14(9-19)17-11(2)15(16)18-13/h3-9H,1-2H3/q+1. The number of aryl methyl sites for hydroxylation is 2. The first-order valence-corrected chi connectivity index (χ1v) is 6.16. The Morgan fingerprint density at radius 1 is 0.947 bits per heavy atom. The van der Waals surface area contributed by atoms with Crippen molar-refractivity contribution in [3.8, 4) is 5.69 Å². The van der Waals surface area contributed by atoms with Crippen LogP contribution in [0.15, 0.2) is 42.7 Å². The zero-order valence-electron chi connectivity index (χ0n) is 11.0. The lowest BCUT2D eigenvalue weighted by molar-refractivity contribution is -0.594. The van der Waals surface area contributed by atoms with Crippen LogP contribution in [0.3, 0.4) is 0 Å². The van der Waals surface area contributed by atoms with Gasteiger partial charge in [0.25, 0.3) is 0 Å². The Hall–Kier alpha value is -2.23. The van der Waals surface area contributed by atoms with Gasteiger partial charge < -0.3 is 0 Å². The summed E-state index contributed by atoms with van der Waals surface area (Å²) in [6.07, 6.45) is 3.94. The Balaban J connectivity index is 2.16. The minimum Gasteiger partial charge on any atom is -0.260 e.